The second-order valence-electron chi connectivity index (χ2n) is 6.61. The van der Waals surface area contributed by atoms with Crippen LogP contribution in [0.2, 0.25) is 0 Å². The summed E-state index contributed by atoms with van der Waals surface area (Å²) in [6.45, 7) is 5.94. The van der Waals surface area contributed by atoms with Gasteiger partial charge in [0.05, 0.1) is 0 Å². The van der Waals surface area contributed by atoms with Gasteiger partial charge in [-0.05, 0) is 35.2 Å². The largest absolute Gasteiger partial charge is 0.356 e. The molecule has 0 bridgehead atoms. The number of aliphatic imine (C=N–C) groups is 1. The summed E-state index contributed by atoms with van der Waals surface area (Å²) in [6, 6.07) is 10.2. The molecule has 3 aromatic heterocycles. The first kappa shape index (κ1) is 18.1. The first-order valence-corrected chi connectivity index (χ1v) is 9.40. The predicted octanol–water partition coefficient (Wildman–Crippen LogP) is 2.97. The molecule has 0 radical (unpaired) electrons. The zero-order valence-electron chi connectivity index (χ0n) is 15.3. The Morgan fingerprint density at radius 1 is 1.23 bits per heavy atom. The average Bonchev–Trinajstić information content (AvgIpc) is 3.36. The fraction of sp³-hybridized carbons (Fsp3) is 0.316. The molecule has 26 heavy (non-hydrogen) atoms. The zero-order chi connectivity index (χ0) is 18.4. The van der Waals surface area contributed by atoms with Gasteiger partial charge in [-0.1, -0.05) is 19.9 Å². The van der Waals surface area contributed by atoms with Crippen LogP contribution in [0.15, 0.2) is 59.3 Å². The van der Waals surface area contributed by atoms with Crippen LogP contribution in [0.1, 0.15) is 24.3 Å². The molecule has 0 saturated heterocycles. The van der Waals surface area contributed by atoms with E-state index in [4.69, 9.17) is 0 Å². The highest BCUT2D eigenvalue weighted by molar-refractivity contribution is 7.10. The number of nitrogens with zero attached hydrogens (tertiary/aromatic N) is 4. The monoisotopic (exact) mass is 368 g/mol. The summed E-state index contributed by atoms with van der Waals surface area (Å²) >= 11 is 1.78. The molecule has 0 aliphatic carbocycles. The first-order valence-electron chi connectivity index (χ1n) is 8.52. The van der Waals surface area contributed by atoms with Gasteiger partial charge in [-0.2, -0.15) is 5.10 Å². The van der Waals surface area contributed by atoms with Crippen LogP contribution in [0.4, 0.5) is 0 Å². The lowest BCUT2D eigenvalue weighted by Gasteiger charge is -2.25. The van der Waals surface area contributed by atoms with Crippen molar-refractivity contribution in [2.24, 2.45) is 4.99 Å². The van der Waals surface area contributed by atoms with Crippen molar-refractivity contribution in [3.8, 4) is 5.82 Å². The number of aromatic nitrogens is 3. The van der Waals surface area contributed by atoms with Crippen molar-refractivity contribution in [3.63, 3.8) is 0 Å². The van der Waals surface area contributed by atoms with Gasteiger partial charge >= 0.3 is 0 Å². The third kappa shape index (κ3) is 4.49. The van der Waals surface area contributed by atoms with Gasteiger partial charge in [0.15, 0.2) is 11.8 Å². The molecule has 3 aromatic rings. The quantitative estimate of drug-likeness (QED) is 0.518. The smallest absolute Gasteiger partial charge is 0.191 e. The van der Waals surface area contributed by atoms with Gasteiger partial charge in [0.1, 0.15) is 0 Å². The van der Waals surface area contributed by atoms with Gasteiger partial charge in [0.2, 0.25) is 0 Å². The first-order chi connectivity index (χ1) is 12.6. The fourth-order valence-corrected chi connectivity index (χ4v) is 3.41. The van der Waals surface area contributed by atoms with Crippen molar-refractivity contribution in [2.75, 3.05) is 13.6 Å². The van der Waals surface area contributed by atoms with Crippen LogP contribution in [0.3, 0.4) is 0 Å². The van der Waals surface area contributed by atoms with Crippen LogP contribution in [-0.2, 0) is 12.0 Å². The predicted molar refractivity (Wildman–Crippen MR) is 107 cm³/mol. The molecule has 3 rings (SSSR count). The van der Waals surface area contributed by atoms with Gasteiger partial charge in [0.25, 0.3) is 0 Å². The van der Waals surface area contributed by atoms with E-state index in [-0.39, 0.29) is 5.41 Å². The molecule has 2 N–H and O–H groups in total. The molecular weight excluding hydrogens is 344 g/mol. The third-order valence-electron chi connectivity index (χ3n) is 4.12. The lowest BCUT2D eigenvalue weighted by atomic mass is 9.91. The van der Waals surface area contributed by atoms with Crippen molar-refractivity contribution in [2.45, 2.75) is 25.8 Å². The molecule has 0 atom stereocenters. The normalized spacial score (nSPS) is 12.2. The number of guanidine groups is 1. The molecule has 0 aliphatic heterocycles. The molecular formula is C19H24N6S. The lowest BCUT2D eigenvalue weighted by Crippen LogP contribution is -2.42. The number of hydrogen-bond donors (Lipinski definition) is 2. The maximum atomic E-state index is 4.35. The van der Waals surface area contributed by atoms with E-state index >= 15 is 0 Å². The Hall–Kier alpha value is -2.67. The molecule has 0 saturated carbocycles. The molecule has 0 unspecified atom stereocenters. The molecule has 0 fully saturated rings. The number of pyridine rings is 1. The number of thiophene rings is 1. The third-order valence-corrected chi connectivity index (χ3v) is 5.35. The van der Waals surface area contributed by atoms with Crippen molar-refractivity contribution in [1.82, 2.24) is 25.4 Å². The van der Waals surface area contributed by atoms with Crippen LogP contribution in [0.25, 0.3) is 5.82 Å². The van der Waals surface area contributed by atoms with Crippen molar-refractivity contribution >= 4 is 17.3 Å². The maximum Gasteiger partial charge on any atom is 0.191 e. The van der Waals surface area contributed by atoms with Crippen LogP contribution in [0.5, 0.6) is 0 Å². The van der Waals surface area contributed by atoms with E-state index < -0.39 is 0 Å². The second-order valence-corrected chi connectivity index (χ2v) is 7.56. The summed E-state index contributed by atoms with van der Waals surface area (Å²) in [7, 11) is 1.79. The van der Waals surface area contributed by atoms with E-state index in [9.17, 15) is 0 Å². The highest BCUT2D eigenvalue weighted by atomic mass is 32.1. The number of rotatable bonds is 6. The molecule has 6 nitrogen and oxygen atoms in total. The Morgan fingerprint density at radius 2 is 2.12 bits per heavy atom. The van der Waals surface area contributed by atoms with Gasteiger partial charge in [-0.15, -0.1) is 11.3 Å². The van der Waals surface area contributed by atoms with Gasteiger partial charge < -0.3 is 10.6 Å². The van der Waals surface area contributed by atoms with Crippen LogP contribution in [0, 0.1) is 0 Å². The van der Waals surface area contributed by atoms with Gasteiger partial charge in [-0.3, -0.25) is 4.99 Å². The average molecular weight is 369 g/mol. The van der Waals surface area contributed by atoms with E-state index in [0.29, 0.717) is 6.54 Å². The summed E-state index contributed by atoms with van der Waals surface area (Å²) < 4.78 is 1.75. The summed E-state index contributed by atoms with van der Waals surface area (Å²) in [5, 5.41) is 13.1. The van der Waals surface area contributed by atoms with E-state index in [0.717, 1.165) is 23.9 Å². The Balaban J connectivity index is 1.57. The van der Waals surface area contributed by atoms with Crippen LogP contribution >= 0.6 is 11.3 Å². The minimum atomic E-state index is 0.0513. The SMILES string of the molecule is CN=C(NCc1ccnc(-n2cccn2)c1)NCC(C)(C)c1cccs1. The number of hydrogen-bond acceptors (Lipinski definition) is 4. The fourth-order valence-electron chi connectivity index (χ4n) is 2.56. The Kier molecular flexibility index (Phi) is 5.68. The van der Waals surface area contributed by atoms with Crippen LogP contribution in [-0.4, -0.2) is 34.3 Å². The summed E-state index contributed by atoms with van der Waals surface area (Å²) in [5.74, 6) is 1.59. The molecule has 0 aromatic carbocycles. The summed E-state index contributed by atoms with van der Waals surface area (Å²) in [5.41, 5.74) is 1.17. The molecule has 0 amide bonds. The zero-order valence-corrected chi connectivity index (χ0v) is 16.1. The van der Waals surface area contributed by atoms with E-state index in [2.05, 4.69) is 57.1 Å². The molecule has 0 aliphatic rings. The lowest BCUT2D eigenvalue weighted by molar-refractivity contribution is 0.518. The molecule has 136 valence electrons. The standard InChI is InChI=1S/C19H24N6S/c1-19(2,16-6-4-11-26-16)14-23-18(20-3)22-13-15-7-9-21-17(12-15)25-10-5-8-24-25/h4-12H,13-14H2,1-3H3,(H2,20,22,23). The van der Waals surface area contributed by atoms with Gasteiger partial charge in [-0.25, -0.2) is 9.67 Å². The molecule has 3 heterocycles. The summed E-state index contributed by atoms with van der Waals surface area (Å²) in [6.07, 6.45) is 5.42. The minimum absolute atomic E-state index is 0.0513. The second kappa shape index (κ2) is 8.14. The van der Waals surface area contributed by atoms with Crippen LogP contribution < -0.4 is 10.6 Å². The Morgan fingerprint density at radius 3 is 2.81 bits per heavy atom. The Bertz CT molecular complexity index is 837. The van der Waals surface area contributed by atoms with Crippen molar-refractivity contribution in [1.29, 1.82) is 0 Å². The molecule has 7 heteroatoms. The summed E-state index contributed by atoms with van der Waals surface area (Å²) in [4.78, 5) is 10.0. The molecule has 0 spiro atoms. The highest BCUT2D eigenvalue weighted by Crippen LogP contribution is 2.26. The number of nitrogens with one attached hydrogen (secondary N) is 2. The maximum absolute atomic E-state index is 4.35. The van der Waals surface area contributed by atoms with Crippen molar-refractivity contribution in [3.05, 3.63) is 64.7 Å². The highest BCUT2D eigenvalue weighted by Gasteiger charge is 2.21. The van der Waals surface area contributed by atoms with E-state index in [1.807, 2.05) is 24.4 Å². The minimum Gasteiger partial charge on any atom is -0.356 e. The Labute approximate surface area is 158 Å². The van der Waals surface area contributed by atoms with Gasteiger partial charge in [0, 0.05) is 49.0 Å². The van der Waals surface area contributed by atoms with E-state index in [1.165, 1.54) is 4.88 Å². The van der Waals surface area contributed by atoms with Crippen molar-refractivity contribution < 1.29 is 0 Å². The topological polar surface area (TPSA) is 67.1 Å². The van der Waals surface area contributed by atoms with E-state index in [1.54, 1.807) is 35.5 Å².